The molecule has 4 nitrogen and oxygen atoms in total. The number of ether oxygens (including phenoxy) is 1. The molecule has 0 fully saturated rings. The summed E-state index contributed by atoms with van der Waals surface area (Å²) in [6, 6.07) is 5.03. The van der Waals surface area contributed by atoms with Crippen LogP contribution in [0.25, 0.3) is 0 Å². The second kappa shape index (κ2) is 7.24. The molecule has 1 unspecified atom stereocenters. The van der Waals surface area contributed by atoms with Gasteiger partial charge < -0.3 is 20.3 Å². The summed E-state index contributed by atoms with van der Waals surface area (Å²) in [4.78, 5) is 0. The van der Waals surface area contributed by atoms with E-state index in [4.69, 9.17) is 4.74 Å². The lowest BCUT2D eigenvalue weighted by Crippen LogP contribution is -2.27. The molecule has 3 N–H and O–H groups in total. The van der Waals surface area contributed by atoms with Crippen molar-refractivity contribution in [2.75, 3.05) is 19.8 Å². The van der Waals surface area contributed by atoms with Gasteiger partial charge in [0.05, 0.1) is 19.3 Å². The highest BCUT2D eigenvalue weighted by molar-refractivity contribution is 5.42. The second-order valence-electron chi connectivity index (χ2n) is 4.70. The number of nitrogens with one attached hydrogen (secondary N) is 1. The summed E-state index contributed by atoms with van der Waals surface area (Å²) < 4.78 is 5.34. The molecule has 0 bridgehead atoms. The highest BCUT2D eigenvalue weighted by Crippen LogP contribution is 2.29. The molecule has 0 aliphatic heterocycles. The van der Waals surface area contributed by atoms with Gasteiger partial charge in [-0.2, -0.15) is 0 Å². The minimum atomic E-state index is -0.132. The van der Waals surface area contributed by atoms with Crippen LogP contribution < -0.4 is 10.1 Å². The summed E-state index contributed by atoms with van der Waals surface area (Å²) in [7, 11) is 0. The van der Waals surface area contributed by atoms with E-state index >= 15 is 0 Å². The molecule has 0 aromatic heterocycles. The van der Waals surface area contributed by atoms with E-state index in [0.717, 1.165) is 12.1 Å². The number of aromatic hydroxyl groups is 1. The maximum absolute atomic E-state index is 9.63. The fourth-order valence-corrected chi connectivity index (χ4v) is 1.68. The molecular formula is C14H23NO3. The number of aliphatic hydroxyl groups excluding tert-OH is 1. The van der Waals surface area contributed by atoms with Crippen LogP contribution in [-0.4, -0.2) is 30.0 Å². The van der Waals surface area contributed by atoms with Gasteiger partial charge in [0.25, 0.3) is 0 Å². The van der Waals surface area contributed by atoms with E-state index in [9.17, 15) is 10.2 Å². The van der Waals surface area contributed by atoms with Crippen LogP contribution in [-0.2, 0) is 0 Å². The first-order valence-corrected chi connectivity index (χ1v) is 6.38. The predicted octanol–water partition coefficient (Wildman–Crippen LogP) is 2.07. The van der Waals surface area contributed by atoms with E-state index in [1.165, 1.54) is 0 Å². The van der Waals surface area contributed by atoms with Gasteiger partial charge in [0.1, 0.15) is 0 Å². The first-order valence-electron chi connectivity index (χ1n) is 6.38. The Morgan fingerprint density at radius 1 is 1.33 bits per heavy atom. The Balaban J connectivity index is 2.81. The lowest BCUT2D eigenvalue weighted by Gasteiger charge is -2.19. The van der Waals surface area contributed by atoms with E-state index < -0.39 is 0 Å². The molecule has 0 saturated carbocycles. The van der Waals surface area contributed by atoms with Gasteiger partial charge in [0.2, 0.25) is 0 Å². The minimum absolute atomic E-state index is 0.0169. The van der Waals surface area contributed by atoms with Crippen molar-refractivity contribution in [3.05, 3.63) is 23.8 Å². The molecule has 4 heteroatoms. The third-order valence-electron chi connectivity index (χ3n) is 2.64. The zero-order chi connectivity index (χ0) is 13.5. The van der Waals surface area contributed by atoms with Gasteiger partial charge in [0.15, 0.2) is 11.5 Å². The van der Waals surface area contributed by atoms with Crippen molar-refractivity contribution in [2.24, 2.45) is 5.92 Å². The van der Waals surface area contributed by atoms with Crippen LogP contribution >= 0.6 is 0 Å². The minimum Gasteiger partial charge on any atom is -0.504 e. The van der Waals surface area contributed by atoms with Gasteiger partial charge in [-0.05, 0) is 37.1 Å². The number of phenolic OH excluding ortho intramolecular Hbond substituents is 1. The molecule has 1 rings (SSSR count). The lowest BCUT2D eigenvalue weighted by atomic mass is 10.1. The molecule has 0 aliphatic carbocycles. The first-order chi connectivity index (χ1) is 8.58. The average Bonchev–Trinajstić information content (AvgIpc) is 2.33. The van der Waals surface area contributed by atoms with E-state index in [0.29, 0.717) is 18.3 Å². The Morgan fingerprint density at radius 2 is 2.06 bits per heavy atom. The van der Waals surface area contributed by atoms with Gasteiger partial charge in [-0.15, -0.1) is 0 Å². The number of hydrogen-bond donors (Lipinski definition) is 3. The van der Waals surface area contributed by atoms with Gasteiger partial charge in [-0.3, -0.25) is 0 Å². The molecule has 0 heterocycles. The zero-order valence-corrected chi connectivity index (χ0v) is 11.3. The number of benzene rings is 1. The third-order valence-corrected chi connectivity index (χ3v) is 2.64. The third kappa shape index (κ3) is 4.20. The summed E-state index contributed by atoms with van der Waals surface area (Å²) in [5.41, 5.74) is 0.916. The summed E-state index contributed by atoms with van der Waals surface area (Å²) in [6.45, 7) is 7.44. The Hall–Kier alpha value is -1.26. The van der Waals surface area contributed by atoms with E-state index in [1.54, 1.807) is 18.2 Å². The van der Waals surface area contributed by atoms with Crippen molar-refractivity contribution < 1.29 is 14.9 Å². The fraction of sp³-hybridized carbons (Fsp3) is 0.571. The quantitative estimate of drug-likeness (QED) is 0.696. The van der Waals surface area contributed by atoms with E-state index in [1.807, 2.05) is 6.92 Å². The molecule has 0 radical (unpaired) electrons. The molecule has 102 valence electrons. The van der Waals surface area contributed by atoms with Crippen LogP contribution in [0.5, 0.6) is 11.5 Å². The van der Waals surface area contributed by atoms with Crippen molar-refractivity contribution in [3.8, 4) is 11.5 Å². The van der Waals surface area contributed by atoms with Crippen LogP contribution in [0.3, 0.4) is 0 Å². The summed E-state index contributed by atoms with van der Waals surface area (Å²) in [6.07, 6.45) is 0. The molecule has 0 saturated heterocycles. The molecule has 0 spiro atoms. The molecule has 18 heavy (non-hydrogen) atoms. The second-order valence-corrected chi connectivity index (χ2v) is 4.70. The standard InChI is InChI=1S/C14H23NO3/c1-4-18-14-7-11(5-6-13(14)17)12(9-16)15-8-10(2)3/h5-7,10,12,15-17H,4,8-9H2,1-3H3. The molecule has 1 aromatic rings. The van der Waals surface area contributed by atoms with Crippen LogP contribution in [0.4, 0.5) is 0 Å². The smallest absolute Gasteiger partial charge is 0.161 e. The average molecular weight is 253 g/mol. The molecule has 1 atom stereocenters. The van der Waals surface area contributed by atoms with Crippen molar-refractivity contribution in [3.63, 3.8) is 0 Å². The maximum Gasteiger partial charge on any atom is 0.161 e. The van der Waals surface area contributed by atoms with Crippen LogP contribution in [0.2, 0.25) is 0 Å². The Bertz CT molecular complexity index is 366. The van der Waals surface area contributed by atoms with E-state index in [2.05, 4.69) is 19.2 Å². The topological polar surface area (TPSA) is 61.7 Å². The maximum atomic E-state index is 9.63. The van der Waals surface area contributed by atoms with Crippen LogP contribution in [0, 0.1) is 5.92 Å². The summed E-state index contributed by atoms with van der Waals surface area (Å²) >= 11 is 0. The molecule has 0 aliphatic rings. The number of phenols is 1. The van der Waals surface area contributed by atoms with Crippen molar-refractivity contribution in [2.45, 2.75) is 26.8 Å². The fourth-order valence-electron chi connectivity index (χ4n) is 1.68. The Kier molecular flexibility index (Phi) is 5.95. The first kappa shape index (κ1) is 14.8. The summed E-state index contributed by atoms with van der Waals surface area (Å²) in [5, 5.41) is 22.3. The molecule has 0 amide bonds. The van der Waals surface area contributed by atoms with Crippen molar-refractivity contribution >= 4 is 0 Å². The highest BCUT2D eigenvalue weighted by Gasteiger charge is 2.13. The van der Waals surface area contributed by atoms with Gasteiger partial charge in [-0.1, -0.05) is 19.9 Å². The number of rotatable bonds is 7. The Morgan fingerprint density at radius 3 is 2.61 bits per heavy atom. The summed E-state index contributed by atoms with van der Waals surface area (Å²) in [5.74, 6) is 1.10. The SMILES string of the molecule is CCOc1cc(C(CO)NCC(C)C)ccc1O. The Labute approximate surface area is 109 Å². The van der Waals surface area contributed by atoms with Gasteiger partial charge >= 0.3 is 0 Å². The number of hydrogen-bond acceptors (Lipinski definition) is 4. The van der Waals surface area contributed by atoms with E-state index in [-0.39, 0.29) is 18.4 Å². The van der Waals surface area contributed by atoms with Crippen molar-refractivity contribution in [1.29, 1.82) is 0 Å². The van der Waals surface area contributed by atoms with Crippen LogP contribution in [0.1, 0.15) is 32.4 Å². The number of aliphatic hydroxyl groups is 1. The van der Waals surface area contributed by atoms with Gasteiger partial charge in [-0.25, -0.2) is 0 Å². The largest absolute Gasteiger partial charge is 0.504 e. The molecule has 1 aromatic carbocycles. The lowest BCUT2D eigenvalue weighted by molar-refractivity contribution is 0.240. The zero-order valence-electron chi connectivity index (χ0n) is 11.3. The van der Waals surface area contributed by atoms with Crippen LogP contribution in [0.15, 0.2) is 18.2 Å². The van der Waals surface area contributed by atoms with Crippen molar-refractivity contribution in [1.82, 2.24) is 5.32 Å². The normalized spacial score (nSPS) is 12.7. The monoisotopic (exact) mass is 253 g/mol. The predicted molar refractivity (Wildman–Crippen MR) is 71.9 cm³/mol. The van der Waals surface area contributed by atoms with Gasteiger partial charge in [0, 0.05) is 0 Å². The molecular weight excluding hydrogens is 230 g/mol. The highest BCUT2D eigenvalue weighted by atomic mass is 16.5.